The van der Waals surface area contributed by atoms with Gasteiger partial charge in [0.2, 0.25) is 0 Å². The van der Waals surface area contributed by atoms with Gasteiger partial charge in [-0.15, -0.1) is 0 Å². The highest BCUT2D eigenvalue weighted by atomic mass is 16.2. The summed E-state index contributed by atoms with van der Waals surface area (Å²) in [7, 11) is 0. The van der Waals surface area contributed by atoms with Crippen LogP contribution in [0.4, 0.5) is 0 Å². The zero-order chi connectivity index (χ0) is 19.5. The number of amides is 2. The van der Waals surface area contributed by atoms with E-state index in [1.54, 1.807) is 48.5 Å². The lowest BCUT2D eigenvalue weighted by Crippen LogP contribution is -2.26. The predicted molar refractivity (Wildman–Crippen MR) is 101 cm³/mol. The van der Waals surface area contributed by atoms with E-state index in [1.807, 2.05) is 12.1 Å². The van der Waals surface area contributed by atoms with Crippen LogP contribution in [0.3, 0.4) is 0 Å². The summed E-state index contributed by atoms with van der Waals surface area (Å²) in [5, 5.41) is 23.3. The van der Waals surface area contributed by atoms with Crippen LogP contribution >= 0.6 is 0 Å². The van der Waals surface area contributed by atoms with Crippen LogP contribution < -0.4 is 10.6 Å². The lowest BCUT2D eigenvalue weighted by atomic mass is 10.1. The van der Waals surface area contributed by atoms with Crippen LogP contribution in [0.5, 0.6) is 0 Å². The third-order valence-corrected chi connectivity index (χ3v) is 3.93. The molecule has 0 saturated heterocycles. The Morgan fingerprint density at radius 2 is 1.19 bits per heavy atom. The lowest BCUT2D eigenvalue weighted by Gasteiger charge is -2.07. The van der Waals surface area contributed by atoms with Crippen molar-refractivity contribution in [2.45, 2.75) is 19.3 Å². The molecule has 0 saturated carbocycles. The van der Waals surface area contributed by atoms with Gasteiger partial charge in [-0.1, -0.05) is 12.1 Å². The maximum absolute atomic E-state index is 12.0. The maximum atomic E-state index is 12.0. The second kappa shape index (κ2) is 10.4. The van der Waals surface area contributed by atoms with Crippen molar-refractivity contribution < 1.29 is 9.59 Å². The molecule has 0 atom stereocenters. The Kier molecular flexibility index (Phi) is 7.56. The summed E-state index contributed by atoms with van der Waals surface area (Å²) in [5.41, 5.74) is 1.86. The van der Waals surface area contributed by atoms with Crippen molar-refractivity contribution in [3.63, 3.8) is 0 Å². The highest BCUT2D eigenvalue weighted by molar-refractivity contribution is 5.95. The molecule has 0 fully saturated rings. The Balaban J connectivity index is 1.62. The molecule has 6 nitrogen and oxygen atoms in total. The van der Waals surface area contributed by atoms with Crippen molar-refractivity contribution in [3.05, 3.63) is 70.8 Å². The van der Waals surface area contributed by atoms with Gasteiger partial charge in [-0.2, -0.15) is 10.5 Å². The summed E-state index contributed by atoms with van der Waals surface area (Å²) in [6.45, 7) is 1.07. The van der Waals surface area contributed by atoms with Gasteiger partial charge in [-0.05, 0) is 55.7 Å². The number of hydrogen-bond donors (Lipinski definition) is 2. The maximum Gasteiger partial charge on any atom is 0.251 e. The number of rotatable bonds is 8. The van der Waals surface area contributed by atoms with Crippen LogP contribution in [-0.4, -0.2) is 24.9 Å². The third kappa shape index (κ3) is 6.30. The van der Waals surface area contributed by atoms with Gasteiger partial charge in [0.05, 0.1) is 23.3 Å². The smallest absolute Gasteiger partial charge is 0.251 e. The van der Waals surface area contributed by atoms with Gasteiger partial charge < -0.3 is 10.6 Å². The van der Waals surface area contributed by atoms with E-state index in [9.17, 15) is 9.59 Å². The van der Waals surface area contributed by atoms with Crippen molar-refractivity contribution >= 4 is 11.8 Å². The average Bonchev–Trinajstić information content (AvgIpc) is 2.72. The van der Waals surface area contributed by atoms with E-state index in [1.165, 1.54) is 0 Å². The number of carbonyl (C=O) groups is 2. The molecule has 0 aliphatic rings. The van der Waals surface area contributed by atoms with Gasteiger partial charge in [-0.3, -0.25) is 9.59 Å². The molecule has 0 heterocycles. The molecule has 6 heteroatoms. The Labute approximate surface area is 158 Å². The second-order valence-corrected chi connectivity index (χ2v) is 5.96. The van der Waals surface area contributed by atoms with E-state index in [0.717, 1.165) is 19.3 Å². The normalized spacial score (nSPS) is 9.70. The first-order valence-electron chi connectivity index (χ1n) is 8.71. The fraction of sp³-hybridized carbons (Fsp3) is 0.238. The molecule has 136 valence electrons. The fourth-order valence-electron chi connectivity index (χ4n) is 2.49. The topological polar surface area (TPSA) is 106 Å². The van der Waals surface area contributed by atoms with E-state index in [2.05, 4.69) is 10.6 Å². The zero-order valence-electron chi connectivity index (χ0n) is 14.9. The molecule has 2 aromatic carbocycles. The van der Waals surface area contributed by atoms with Crippen LogP contribution in [0.1, 0.15) is 51.1 Å². The van der Waals surface area contributed by atoms with Crippen LogP contribution in [0.15, 0.2) is 48.5 Å². The molecule has 2 rings (SSSR count). The number of nitrogens with one attached hydrogen (secondary N) is 2. The van der Waals surface area contributed by atoms with Crippen molar-refractivity contribution in [2.75, 3.05) is 13.1 Å². The Bertz CT molecular complexity index is 820. The standard InChI is InChI=1S/C21H20N4O2/c22-14-16-6-4-8-18(12-16)20(26)24-10-2-1-3-11-25-21(27)19-9-5-7-17(13-19)15-23/h4-9,12-13H,1-3,10-11H2,(H,24,26)(H,25,27). The van der Waals surface area contributed by atoms with Crippen molar-refractivity contribution in [2.24, 2.45) is 0 Å². The van der Waals surface area contributed by atoms with Gasteiger partial charge in [0.1, 0.15) is 0 Å². The number of benzene rings is 2. The summed E-state index contributed by atoms with van der Waals surface area (Å²) in [5.74, 6) is -0.393. The highest BCUT2D eigenvalue weighted by Crippen LogP contribution is 2.05. The highest BCUT2D eigenvalue weighted by Gasteiger charge is 2.06. The first-order chi connectivity index (χ1) is 13.1. The van der Waals surface area contributed by atoms with E-state index < -0.39 is 0 Å². The average molecular weight is 360 g/mol. The Morgan fingerprint density at radius 3 is 1.59 bits per heavy atom. The summed E-state index contributed by atoms with van der Waals surface area (Å²) in [6, 6.07) is 17.2. The lowest BCUT2D eigenvalue weighted by molar-refractivity contribution is 0.0947. The van der Waals surface area contributed by atoms with Gasteiger partial charge in [0.15, 0.2) is 0 Å². The van der Waals surface area contributed by atoms with E-state index in [0.29, 0.717) is 35.3 Å². The summed E-state index contributed by atoms with van der Waals surface area (Å²) < 4.78 is 0. The monoisotopic (exact) mass is 360 g/mol. The molecular weight excluding hydrogens is 340 g/mol. The molecule has 2 aromatic rings. The molecule has 27 heavy (non-hydrogen) atoms. The molecule has 0 aliphatic heterocycles. The minimum absolute atomic E-state index is 0.197. The predicted octanol–water partition coefficient (Wildman–Crippen LogP) is 2.76. The van der Waals surface area contributed by atoms with Gasteiger partial charge in [-0.25, -0.2) is 0 Å². The number of carbonyl (C=O) groups excluding carboxylic acids is 2. The quantitative estimate of drug-likeness (QED) is 0.706. The third-order valence-electron chi connectivity index (χ3n) is 3.93. The van der Waals surface area contributed by atoms with Gasteiger partial charge >= 0.3 is 0 Å². The number of unbranched alkanes of at least 4 members (excludes halogenated alkanes) is 2. The van der Waals surface area contributed by atoms with Gasteiger partial charge in [0.25, 0.3) is 11.8 Å². The summed E-state index contributed by atoms with van der Waals surface area (Å²) in [6.07, 6.45) is 2.45. The van der Waals surface area contributed by atoms with Crippen LogP contribution in [0.2, 0.25) is 0 Å². The number of nitriles is 2. The molecule has 0 radical (unpaired) electrons. The SMILES string of the molecule is N#Cc1cccc(C(=O)NCCCCCNC(=O)c2cccc(C#N)c2)c1. The van der Waals surface area contributed by atoms with Crippen LogP contribution in [-0.2, 0) is 0 Å². The molecule has 2 N–H and O–H groups in total. The van der Waals surface area contributed by atoms with Crippen LogP contribution in [0, 0.1) is 22.7 Å². The zero-order valence-corrected chi connectivity index (χ0v) is 14.9. The molecule has 0 aromatic heterocycles. The molecule has 0 spiro atoms. The molecule has 0 unspecified atom stereocenters. The van der Waals surface area contributed by atoms with Crippen molar-refractivity contribution in [1.29, 1.82) is 10.5 Å². The fourth-order valence-corrected chi connectivity index (χ4v) is 2.49. The largest absolute Gasteiger partial charge is 0.352 e. The minimum atomic E-state index is -0.197. The van der Waals surface area contributed by atoms with Crippen LogP contribution in [0.25, 0.3) is 0 Å². The Morgan fingerprint density at radius 1 is 0.741 bits per heavy atom. The van der Waals surface area contributed by atoms with Crippen molar-refractivity contribution in [3.8, 4) is 12.1 Å². The number of hydrogen-bond acceptors (Lipinski definition) is 4. The first-order valence-corrected chi connectivity index (χ1v) is 8.71. The number of nitrogens with zero attached hydrogens (tertiary/aromatic N) is 2. The molecule has 0 bridgehead atoms. The molecular formula is C21H20N4O2. The summed E-state index contributed by atoms with van der Waals surface area (Å²) in [4.78, 5) is 24.0. The van der Waals surface area contributed by atoms with E-state index in [4.69, 9.17) is 10.5 Å². The Hall–Kier alpha value is -3.64. The van der Waals surface area contributed by atoms with Crippen molar-refractivity contribution in [1.82, 2.24) is 10.6 Å². The first kappa shape index (κ1) is 19.7. The van der Waals surface area contributed by atoms with E-state index in [-0.39, 0.29) is 11.8 Å². The molecule has 0 aliphatic carbocycles. The second-order valence-electron chi connectivity index (χ2n) is 5.96. The molecule has 2 amide bonds. The minimum Gasteiger partial charge on any atom is -0.352 e. The van der Waals surface area contributed by atoms with Gasteiger partial charge in [0, 0.05) is 24.2 Å². The van der Waals surface area contributed by atoms with E-state index >= 15 is 0 Å². The summed E-state index contributed by atoms with van der Waals surface area (Å²) >= 11 is 0.